The molecule has 2 heterocycles. The number of anilines is 1. The molecule has 132 valence electrons. The maximum absolute atomic E-state index is 12.1. The molecule has 1 atom stereocenters. The van der Waals surface area contributed by atoms with Crippen molar-refractivity contribution < 1.29 is 14.3 Å². The number of nitrogens with zero attached hydrogens (tertiary/aromatic N) is 3. The van der Waals surface area contributed by atoms with Gasteiger partial charge < -0.3 is 19.9 Å². The maximum atomic E-state index is 12.1. The van der Waals surface area contributed by atoms with E-state index in [1.165, 1.54) is 0 Å². The van der Waals surface area contributed by atoms with E-state index in [9.17, 15) is 9.59 Å². The smallest absolute Gasteiger partial charge is 0.410 e. The van der Waals surface area contributed by atoms with E-state index in [0.717, 1.165) is 12.1 Å². The molecule has 1 aliphatic heterocycles. The van der Waals surface area contributed by atoms with Gasteiger partial charge in [0.1, 0.15) is 11.3 Å². The second-order valence-corrected chi connectivity index (χ2v) is 6.96. The van der Waals surface area contributed by atoms with E-state index in [1.54, 1.807) is 24.2 Å². The van der Waals surface area contributed by atoms with Crippen LogP contribution in [0.4, 0.5) is 10.5 Å². The van der Waals surface area contributed by atoms with E-state index in [2.05, 4.69) is 15.2 Å². The summed E-state index contributed by atoms with van der Waals surface area (Å²) >= 11 is 0. The van der Waals surface area contributed by atoms with Gasteiger partial charge in [-0.3, -0.25) is 4.79 Å². The van der Waals surface area contributed by atoms with Gasteiger partial charge in [-0.15, -0.1) is 0 Å². The minimum absolute atomic E-state index is 0.199. The van der Waals surface area contributed by atoms with Crippen molar-refractivity contribution in [3.8, 4) is 0 Å². The topological polar surface area (TPSA) is 74.8 Å². The first kappa shape index (κ1) is 18.0. The highest BCUT2D eigenvalue weighted by Crippen LogP contribution is 2.22. The molecule has 0 saturated carbocycles. The molecule has 0 radical (unpaired) electrons. The fourth-order valence-electron chi connectivity index (χ4n) is 2.62. The van der Waals surface area contributed by atoms with Gasteiger partial charge in [-0.2, -0.15) is 0 Å². The average molecular weight is 334 g/mol. The lowest BCUT2D eigenvalue weighted by molar-refractivity contribution is 0.0292. The van der Waals surface area contributed by atoms with Gasteiger partial charge in [0.05, 0.1) is 11.9 Å². The SMILES string of the molecule is CNC(=O)c1ccc(N(C)[C@@H]2CCN(C(=O)OC(C)(C)C)C2)cn1. The van der Waals surface area contributed by atoms with Crippen LogP contribution in [-0.2, 0) is 4.74 Å². The Morgan fingerprint density at radius 3 is 2.62 bits per heavy atom. The number of aromatic nitrogens is 1. The summed E-state index contributed by atoms with van der Waals surface area (Å²) in [5, 5.41) is 2.55. The van der Waals surface area contributed by atoms with Crippen molar-refractivity contribution in [2.45, 2.75) is 38.8 Å². The van der Waals surface area contributed by atoms with Gasteiger partial charge in [0.15, 0.2) is 0 Å². The number of hydrogen-bond acceptors (Lipinski definition) is 5. The molecule has 1 saturated heterocycles. The summed E-state index contributed by atoms with van der Waals surface area (Å²) in [7, 11) is 3.55. The van der Waals surface area contributed by atoms with Gasteiger partial charge in [0, 0.05) is 33.2 Å². The van der Waals surface area contributed by atoms with Gasteiger partial charge in [-0.1, -0.05) is 0 Å². The highest BCUT2D eigenvalue weighted by Gasteiger charge is 2.31. The number of pyridine rings is 1. The van der Waals surface area contributed by atoms with Crippen LogP contribution in [0.2, 0.25) is 0 Å². The number of likely N-dealkylation sites (N-methyl/N-ethyl adjacent to an activating group) is 1. The number of carbonyl (C=O) groups is 2. The van der Waals surface area contributed by atoms with Crippen molar-refractivity contribution in [1.29, 1.82) is 0 Å². The Kier molecular flexibility index (Phi) is 5.31. The molecule has 1 aromatic rings. The summed E-state index contributed by atoms with van der Waals surface area (Å²) in [5.74, 6) is -0.207. The molecule has 1 aliphatic rings. The van der Waals surface area contributed by atoms with Gasteiger partial charge in [-0.25, -0.2) is 9.78 Å². The highest BCUT2D eigenvalue weighted by atomic mass is 16.6. The number of nitrogens with one attached hydrogen (secondary N) is 1. The van der Waals surface area contributed by atoms with Crippen molar-refractivity contribution >= 4 is 17.7 Å². The summed E-state index contributed by atoms with van der Waals surface area (Å²) < 4.78 is 5.42. The van der Waals surface area contributed by atoms with E-state index >= 15 is 0 Å². The van der Waals surface area contributed by atoms with Crippen LogP contribution in [0.25, 0.3) is 0 Å². The zero-order valence-electron chi connectivity index (χ0n) is 15.0. The molecule has 7 nitrogen and oxygen atoms in total. The third-order valence-electron chi connectivity index (χ3n) is 3.98. The van der Waals surface area contributed by atoms with E-state index in [-0.39, 0.29) is 18.0 Å². The molecular formula is C17H26N4O3. The first-order valence-electron chi connectivity index (χ1n) is 8.10. The maximum Gasteiger partial charge on any atom is 0.410 e. The zero-order valence-corrected chi connectivity index (χ0v) is 15.0. The van der Waals surface area contributed by atoms with Crippen LogP contribution in [-0.4, -0.2) is 60.7 Å². The van der Waals surface area contributed by atoms with Crippen LogP contribution in [0.15, 0.2) is 18.3 Å². The van der Waals surface area contributed by atoms with Crippen LogP contribution >= 0.6 is 0 Å². The third-order valence-corrected chi connectivity index (χ3v) is 3.98. The Morgan fingerprint density at radius 2 is 2.08 bits per heavy atom. The van der Waals surface area contributed by atoms with Crippen LogP contribution in [0.1, 0.15) is 37.7 Å². The molecule has 1 fully saturated rings. The summed E-state index contributed by atoms with van der Waals surface area (Å²) in [6.07, 6.45) is 2.28. The van der Waals surface area contributed by atoms with Gasteiger partial charge in [-0.05, 0) is 39.3 Å². The lowest BCUT2D eigenvalue weighted by Gasteiger charge is -2.27. The number of amides is 2. The molecule has 24 heavy (non-hydrogen) atoms. The van der Waals surface area contributed by atoms with Crippen LogP contribution in [0, 0.1) is 0 Å². The minimum Gasteiger partial charge on any atom is -0.444 e. The number of rotatable bonds is 3. The lowest BCUT2D eigenvalue weighted by Crippen LogP contribution is -2.39. The molecule has 7 heteroatoms. The lowest BCUT2D eigenvalue weighted by atomic mass is 10.2. The predicted octanol–water partition coefficient (Wildman–Crippen LogP) is 1.89. The van der Waals surface area contributed by atoms with Crippen molar-refractivity contribution in [1.82, 2.24) is 15.2 Å². The second-order valence-electron chi connectivity index (χ2n) is 6.96. The highest BCUT2D eigenvalue weighted by molar-refractivity contribution is 5.92. The van der Waals surface area contributed by atoms with E-state index in [4.69, 9.17) is 4.74 Å². The monoisotopic (exact) mass is 334 g/mol. The number of carbonyl (C=O) groups excluding carboxylic acids is 2. The average Bonchev–Trinajstić information content (AvgIpc) is 3.02. The first-order valence-corrected chi connectivity index (χ1v) is 8.10. The molecule has 2 amide bonds. The van der Waals surface area contributed by atoms with Gasteiger partial charge in [0.25, 0.3) is 5.91 Å². The molecule has 0 unspecified atom stereocenters. The molecule has 1 N–H and O–H groups in total. The Morgan fingerprint density at radius 1 is 1.38 bits per heavy atom. The third kappa shape index (κ3) is 4.37. The summed E-state index contributed by atoms with van der Waals surface area (Å²) in [4.78, 5) is 31.7. The Labute approximate surface area is 143 Å². The molecule has 0 aliphatic carbocycles. The summed E-state index contributed by atoms with van der Waals surface area (Å²) in [6.45, 7) is 6.88. The largest absolute Gasteiger partial charge is 0.444 e. The van der Waals surface area contributed by atoms with Crippen molar-refractivity contribution in [2.24, 2.45) is 0 Å². The van der Waals surface area contributed by atoms with Crippen LogP contribution < -0.4 is 10.2 Å². The molecule has 0 aromatic carbocycles. The van der Waals surface area contributed by atoms with E-state index in [1.807, 2.05) is 33.9 Å². The van der Waals surface area contributed by atoms with Crippen molar-refractivity contribution in [2.75, 3.05) is 32.1 Å². The molecule has 2 rings (SSSR count). The molecule has 0 bridgehead atoms. The van der Waals surface area contributed by atoms with E-state index in [0.29, 0.717) is 18.8 Å². The van der Waals surface area contributed by atoms with Crippen molar-refractivity contribution in [3.05, 3.63) is 24.0 Å². The fraction of sp³-hybridized carbons (Fsp3) is 0.588. The molecular weight excluding hydrogens is 308 g/mol. The Balaban J connectivity index is 1.97. The van der Waals surface area contributed by atoms with E-state index < -0.39 is 5.60 Å². The molecule has 0 spiro atoms. The van der Waals surface area contributed by atoms with Crippen LogP contribution in [0.3, 0.4) is 0 Å². The normalized spacial score (nSPS) is 17.5. The number of ether oxygens (including phenoxy) is 1. The minimum atomic E-state index is -0.485. The number of hydrogen-bond donors (Lipinski definition) is 1. The Bertz CT molecular complexity index is 595. The standard InChI is InChI=1S/C17H26N4O3/c1-17(2,3)24-16(23)21-9-8-13(11-21)20(5)12-6-7-14(19-10-12)15(22)18-4/h6-7,10,13H,8-9,11H2,1-5H3,(H,18,22)/t13-/m1/s1. The summed E-state index contributed by atoms with van der Waals surface area (Å²) in [5.41, 5.74) is 0.816. The van der Waals surface area contributed by atoms with Gasteiger partial charge in [0.2, 0.25) is 0 Å². The first-order chi connectivity index (χ1) is 11.2. The van der Waals surface area contributed by atoms with Crippen molar-refractivity contribution in [3.63, 3.8) is 0 Å². The second kappa shape index (κ2) is 7.07. The fourth-order valence-corrected chi connectivity index (χ4v) is 2.62. The van der Waals surface area contributed by atoms with Crippen LogP contribution in [0.5, 0.6) is 0 Å². The van der Waals surface area contributed by atoms with Gasteiger partial charge >= 0.3 is 6.09 Å². The predicted molar refractivity (Wildman–Crippen MR) is 92.2 cm³/mol. The quantitative estimate of drug-likeness (QED) is 0.913. The summed E-state index contributed by atoms with van der Waals surface area (Å²) in [6, 6.07) is 3.77. The molecule has 1 aromatic heterocycles. The zero-order chi connectivity index (χ0) is 17.9. The Hall–Kier alpha value is -2.31. The number of likely N-dealkylation sites (tertiary alicyclic amines) is 1.